The van der Waals surface area contributed by atoms with Crippen molar-refractivity contribution in [3.63, 3.8) is 0 Å². The van der Waals surface area contributed by atoms with Crippen molar-refractivity contribution in [3.05, 3.63) is 52.9 Å². The molecule has 1 fully saturated rings. The fraction of sp³-hybridized carbons (Fsp3) is 0.421. The molecule has 1 saturated heterocycles. The van der Waals surface area contributed by atoms with Crippen LogP contribution >= 0.6 is 24.2 Å². The number of halogens is 3. The van der Waals surface area contributed by atoms with Crippen molar-refractivity contribution in [3.8, 4) is 0 Å². The van der Waals surface area contributed by atoms with Gasteiger partial charge in [0.05, 0.1) is 5.75 Å². The highest BCUT2D eigenvalue weighted by Gasteiger charge is 2.28. The summed E-state index contributed by atoms with van der Waals surface area (Å²) in [7, 11) is 0. The number of carbonyl (C=O) groups excluding carboxylic acids is 1. The fourth-order valence-electron chi connectivity index (χ4n) is 3.29. The number of amides is 1. The second-order valence-electron chi connectivity index (χ2n) is 6.67. The third-order valence-corrected chi connectivity index (χ3v) is 5.34. The minimum Gasteiger partial charge on any atom is -0.351 e. The Balaban J connectivity index is 0.00000280. The molecule has 28 heavy (non-hydrogen) atoms. The molecule has 2 unspecified atom stereocenters. The molecule has 1 aromatic heterocycles. The average molecular weight is 429 g/mol. The van der Waals surface area contributed by atoms with Crippen LogP contribution in [0.5, 0.6) is 0 Å². The average Bonchev–Trinajstić information content (AvgIpc) is 2.62. The van der Waals surface area contributed by atoms with Crippen LogP contribution in [0.25, 0.3) is 0 Å². The summed E-state index contributed by atoms with van der Waals surface area (Å²) >= 11 is 1.28. The number of aromatic nitrogens is 2. The predicted molar refractivity (Wildman–Crippen MR) is 108 cm³/mol. The van der Waals surface area contributed by atoms with Crippen molar-refractivity contribution in [1.29, 1.82) is 0 Å². The van der Waals surface area contributed by atoms with Gasteiger partial charge in [0.2, 0.25) is 5.91 Å². The van der Waals surface area contributed by atoms with Gasteiger partial charge in [-0.1, -0.05) is 17.8 Å². The molecule has 1 amide bonds. The monoisotopic (exact) mass is 428 g/mol. The van der Waals surface area contributed by atoms with Crippen molar-refractivity contribution in [1.82, 2.24) is 20.6 Å². The maximum absolute atomic E-state index is 13.6. The van der Waals surface area contributed by atoms with Crippen LogP contribution in [0.2, 0.25) is 0 Å². The van der Waals surface area contributed by atoms with Crippen molar-refractivity contribution < 1.29 is 13.6 Å². The normalized spacial score (nSPS) is 19.0. The summed E-state index contributed by atoms with van der Waals surface area (Å²) < 4.78 is 26.8. The van der Waals surface area contributed by atoms with Gasteiger partial charge in [-0.2, -0.15) is 0 Å². The van der Waals surface area contributed by atoms with Gasteiger partial charge in [0, 0.05) is 29.9 Å². The van der Waals surface area contributed by atoms with E-state index in [0.29, 0.717) is 17.3 Å². The van der Waals surface area contributed by atoms with Gasteiger partial charge in [-0.05, 0) is 50.6 Å². The van der Waals surface area contributed by atoms with Crippen molar-refractivity contribution >= 4 is 30.1 Å². The predicted octanol–water partition coefficient (Wildman–Crippen LogP) is 3.15. The third-order valence-electron chi connectivity index (χ3n) is 4.49. The summed E-state index contributed by atoms with van der Waals surface area (Å²) in [5.41, 5.74) is 2.42. The van der Waals surface area contributed by atoms with Crippen LogP contribution in [0.4, 0.5) is 8.78 Å². The highest BCUT2D eigenvalue weighted by Crippen LogP contribution is 2.27. The molecule has 0 aliphatic carbocycles. The van der Waals surface area contributed by atoms with Gasteiger partial charge in [0.1, 0.15) is 0 Å². The summed E-state index contributed by atoms with van der Waals surface area (Å²) in [4.78, 5) is 21.0. The topological polar surface area (TPSA) is 66.9 Å². The Kier molecular flexibility index (Phi) is 8.15. The summed E-state index contributed by atoms with van der Waals surface area (Å²) in [5.74, 6) is -1.72. The van der Waals surface area contributed by atoms with Crippen LogP contribution in [0.1, 0.15) is 29.3 Å². The van der Waals surface area contributed by atoms with Crippen molar-refractivity contribution in [2.24, 2.45) is 0 Å². The highest BCUT2D eigenvalue weighted by molar-refractivity contribution is 7.99. The summed E-state index contributed by atoms with van der Waals surface area (Å²) in [6.45, 7) is 5.12. The van der Waals surface area contributed by atoms with Gasteiger partial charge in [-0.25, -0.2) is 18.7 Å². The van der Waals surface area contributed by atoms with Crippen LogP contribution in [0, 0.1) is 25.5 Å². The number of carbonyl (C=O) groups is 1. The second-order valence-corrected chi connectivity index (χ2v) is 7.61. The summed E-state index contributed by atoms with van der Waals surface area (Å²) in [6, 6.07) is 5.65. The molecular weight excluding hydrogens is 406 g/mol. The molecule has 2 aromatic rings. The Labute approximate surface area is 173 Å². The van der Waals surface area contributed by atoms with E-state index in [2.05, 4.69) is 20.6 Å². The van der Waals surface area contributed by atoms with Crippen LogP contribution in [-0.4, -0.2) is 40.8 Å². The lowest BCUT2D eigenvalue weighted by Crippen LogP contribution is -2.50. The lowest BCUT2D eigenvalue weighted by molar-refractivity contribution is -0.119. The molecule has 0 spiro atoms. The fourth-order valence-corrected chi connectivity index (χ4v) is 4.05. The Morgan fingerprint density at radius 1 is 1.21 bits per heavy atom. The largest absolute Gasteiger partial charge is 0.351 e. The van der Waals surface area contributed by atoms with Gasteiger partial charge >= 0.3 is 0 Å². The van der Waals surface area contributed by atoms with E-state index < -0.39 is 11.6 Å². The molecule has 2 heterocycles. The molecule has 1 aromatic carbocycles. The molecule has 0 saturated carbocycles. The second kappa shape index (κ2) is 10.1. The Hall–Kier alpha value is -1.77. The van der Waals surface area contributed by atoms with Crippen molar-refractivity contribution in [2.45, 2.75) is 37.4 Å². The Morgan fingerprint density at radius 3 is 2.61 bits per heavy atom. The number of rotatable bonds is 5. The number of benzene rings is 1. The van der Waals surface area contributed by atoms with Crippen LogP contribution in [0.3, 0.4) is 0 Å². The number of aryl methyl sites for hydroxylation is 2. The highest BCUT2D eigenvalue weighted by atomic mass is 35.5. The minimum atomic E-state index is -0.863. The minimum absolute atomic E-state index is 0. The molecular formula is C19H23ClF2N4OS. The summed E-state index contributed by atoms with van der Waals surface area (Å²) in [5, 5.41) is 6.82. The first-order valence-electron chi connectivity index (χ1n) is 8.82. The maximum atomic E-state index is 13.6. The molecule has 1 aliphatic heterocycles. The van der Waals surface area contributed by atoms with E-state index in [4.69, 9.17) is 0 Å². The molecule has 0 radical (unpaired) electrons. The quantitative estimate of drug-likeness (QED) is 0.565. The smallest absolute Gasteiger partial charge is 0.230 e. The van der Waals surface area contributed by atoms with E-state index in [1.165, 1.54) is 17.8 Å². The van der Waals surface area contributed by atoms with Crippen LogP contribution in [-0.2, 0) is 4.79 Å². The van der Waals surface area contributed by atoms with E-state index in [-0.39, 0.29) is 36.0 Å². The molecule has 2 N–H and O–H groups in total. The van der Waals surface area contributed by atoms with Gasteiger partial charge in [-0.3, -0.25) is 4.79 Å². The zero-order chi connectivity index (χ0) is 19.4. The first kappa shape index (κ1) is 22.5. The number of nitrogens with zero attached hydrogens (tertiary/aromatic N) is 2. The number of hydrogen-bond donors (Lipinski definition) is 2. The zero-order valence-corrected chi connectivity index (χ0v) is 17.3. The van der Waals surface area contributed by atoms with E-state index in [1.54, 1.807) is 6.07 Å². The first-order valence-corrected chi connectivity index (χ1v) is 9.81. The number of thioether (sulfide) groups is 1. The molecule has 2 atom stereocenters. The summed E-state index contributed by atoms with van der Waals surface area (Å²) in [6.07, 6.45) is 0.739. The molecule has 152 valence electrons. The zero-order valence-electron chi connectivity index (χ0n) is 15.7. The molecule has 0 bridgehead atoms. The van der Waals surface area contributed by atoms with Crippen LogP contribution in [0.15, 0.2) is 29.4 Å². The molecule has 3 rings (SSSR count). The number of piperidine rings is 1. The van der Waals surface area contributed by atoms with Gasteiger partial charge < -0.3 is 10.6 Å². The SMILES string of the molecule is Cc1cc(C)nc(SCC(=O)NC2CNCCC2c2ccc(F)c(F)c2)n1.Cl. The van der Waals surface area contributed by atoms with Gasteiger partial charge in [0.25, 0.3) is 0 Å². The molecule has 1 aliphatic rings. The van der Waals surface area contributed by atoms with Gasteiger partial charge in [0.15, 0.2) is 16.8 Å². The third kappa shape index (κ3) is 5.86. The first-order chi connectivity index (χ1) is 12.9. The van der Waals surface area contributed by atoms with Crippen molar-refractivity contribution in [2.75, 3.05) is 18.8 Å². The molecule has 5 nitrogen and oxygen atoms in total. The van der Waals surface area contributed by atoms with E-state index in [9.17, 15) is 13.6 Å². The lowest BCUT2D eigenvalue weighted by atomic mass is 9.86. The Bertz CT molecular complexity index is 819. The van der Waals surface area contributed by atoms with E-state index >= 15 is 0 Å². The number of nitrogens with one attached hydrogen (secondary N) is 2. The van der Waals surface area contributed by atoms with Crippen LogP contribution < -0.4 is 10.6 Å². The number of hydrogen-bond acceptors (Lipinski definition) is 5. The maximum Gasteiger partial charge on any atom is 0.230 e. The van der Waals surface area contributed by atoms with E-state index in [0.717, 1.165) is 30.4 Å². The standard InChI is InChI=1S/C19H22F2N4OS.ClH/c1-11-7-12(2)24-19(23-11)27-10-18(26)25-17-9-22-6-5-14(17)13-3-4-15(20)16(21)8-13;/h3-4,7-8,14,17,22H,5-6,9-10H2,1-2H3,(H,25,26);1H. The van der Waals surface area contributed by atoms with Gasteiger partial charge in [-0.15, -0.1) is 12.4 Å². The van der Waals surface area contributed by atoms with E-state index in [1.807, 2.05) is 19.9 Å². The lowest BCUT2D eigenvalue weighted by Gasteiger charge is -2.33. The molecule has 9 heteroatoms. The Morgan fingerprint density at radius 2 is 1.93 bits per heavy atom.